The van der Waals surface area contributed by atoms with E-state index in [4.69, 9.17) is 5.10 Å². The molecule has 6 nitrogen and oxygen atoms in total. The Morgan fingerprint density at radius 3 is 2.53 bits per heavy atom. The highest BCUT2D eigenvalue weighted by atomic mass is 32.1. The summed E-state index contributed by atoms with van der Waals surface area (Å²) in [4.78, 5) is 30.2. The Morgan fingerprint density at radius 2 is 1.88 bits per heavy atom. The molecule has 166 valence electrons. The van der Waals surface area contributed by atoms with Gasteiger partial charge in [-0.1, -0.05) is 25.0 Å². The van der Waals surface area contributed by atoms with E-state index >= 15 is 0 Å². The third-order valence-corrected chi connectivity index (χ3v) is 7.46. The number of amides is 2. The van der Waals surface area contributed by atoms with Gasteiger partial charge in [0, 0.05) is 11.7 Å². The number of fused-ring (bicyclic) bond motifs is 1. The molecule has 1 unspecified atom stereocenters. The molecule has 0 saturated heterocycles. The highest BCUT2D eigenvalue weighted by molar-refractivity contribution is 7.13. The van der Waals surface area contributed by atoms with Gasteiger partial charge in [0.05, 0.1) is 11.4 Å². The second-order valence-corrected chi connectivity index (χ2v) is 10.2. The van der Waals surface area contributed by atoms with Crippen molar-refractivity contribution in [3.8, 4) is 10.6 Å². The molecule has 1 aliphatic carbocycles. The van der Waals surface area contributed by atoms with Gasteiger partial charge in [-0.25, -0.2) is 0 Å². The number of carbonyl (C=O) groups excluding carboxylic acids is 2. The van der Waals surface area contributed by atoms with Gasteiger partial charge in [-0.3, -0.25) is 19.2 Å². The van der Waals surface area contributed by atoms with Crippen LogP contribution in [0.1, 0.15) is 54.2 Å². The molecule has 1 aliphatic heterocycles. The minimum atomic E-state index is -1.08. The van der Waals surface area contributed by atoms with E-state index in [1.165, 1.54) is 0 Å². The first-order valence-corrected chi connectivity index (χ1v) is 12.1. The minimum Gasteiger partial charge on any atom is -0.351 e. The highest BCUT2D eigenvalue weighted by Gasteiger charge is 2.49. The Balaban J connectivity index is 1.60. The molecular weight excluding hydrogens is 420 g/mol. The monoisotopic (exact) mass is 448 g/mol. The van der Waals surface area contributed by atoms with Gasteiger partial charge in [0.25, 0.3) is 5.91 Å². The average Bonchev–Trinajstić information content (AvgIpc) is 3.48. The molecule has 3 heterocycles. The van der Waals surface area contributed by atoms with Gasteiger partial charge in [0.15, 0.2) is 0 Å². The summed E-state index contributed by atoms with van der Waals surface area (Å²) in [7, 11) is 0. The normalized spacial score (nSPS) is 21.1. The zero-order valence-corrected chi connectivity index (χ0v) is 19.5. The van der Waals surface area contributed by atoms with Gasteiger partial charge in [0.2, 0.25) is 5.91 Å². The first-order valence-electron chi connectivity index (χ1n) is 11.2. The number of hydrogen-bond acceptors (Lipinski definition) is 4. The molecule has 0 radical (unpaired) electrons. The number of aryl methyl sites for hydroxylation is 2. The zero-order valence-electron chi connectivity index (χ0n) is 18.7. The number of aromatic nitrogens is 2. The summed E-state index contributed by atoms with van der Waals surface area (Å²) in [5.74, 6) is -0.309. The van der Waals surface area contributed by atoms with Crippen LogP contribution in [0.2, 0.25) is 0 Å². The zero-order chi connectivity index (χ0) is 22.5. The largest absolute Gasteiger partial charge is 0.351 e. The Morgan fingerprint density at radius 1 is 1.16 bits per heavy atom. The topological polar surface area (TPSA) is 67.2 Å². The molecule has 2 amide bonds. The minimum absolute atomic E-state index is 0.115. The Kier molecular flexibility index (Phi) is 5.16. The second kappa shape index (κ2) is 7.89. The van der Waals surface area contributed by atoms with Crippen molar-refractivity contribution in [3.05, 3.63) is 58.6 Å². The highest BCUT2D eigenvalue weighted by Crippen LogP contribution is 2.36. The Bertz CT molecular complexity index is 1160. The summed E-state index contributed by atoms with van der Waals surface area (Å²) in [5.41, 5.74) is 3.07. The van der Waals surface area contributed by atoms with Crippen molar-refractivity contribution in [2.75, 3.05) is 4.90 Å². The number of thiophene rings is 1. The van der Waals surface area contributed by atoms with E-state index in [9.17, 15) is 9.59 Å². The second-order valence-electron chi connectivity index (χ2n) is 9.26. The van der Waals surface area contributed by atoms with Gasteiger partial charge in [0.1, 0.15) is 16.9 Å². The lowest BCUT2D eigenvalue weighted by Crippen LogP contribution is -2.65. The molecular formula is C25H28N4O2S. The maximum atomic E-state index is 13.9. The van der Waals surface area contributed by atoms with Crippen LogP contribution in [0.4, 0.5) is 5.69 Å². The van der Waals surface area contributed by atoms with Crippen LogP contribution in [0.25, 0.3) is 10.6 Å². The van der Waals surface area contributed by atoms with Crippen LogP contribution in [0.15, 0.2) is 41.8 Å². The van der Waals surface area contributed by atoms with E-state index in [1.807, 2.05) is 56.5 Å². The SMILES string of the molecule is Cc1cc(C)cc(N2C(=O)c3cc(-c4cccs4)nn3CC2(C)C(=O)NC2CCCC2)c1. The fourth-order valence-corrected chi connectivity index (χ4v) is 5.70. The quantitative estimate of drug-likeness (QED) is 0.629. The van der Waals surface area contributed by atoms with Crippen LogP contribution in [0, 0.1) is 13.8 Å². The Labute approximate surface area is 192 Å². The Hall–Kier alpha value is -2.93. The van der Waals surface area contributed by atoms with Crippen molar-refractivity contribution in [2.45, 2.75) is 64.6 Å². The smallest absolute Gasteiger partial charge is 0.277 e. The van der Waals surface area contributed by atoms with Crippen LogP contribution in [-0.2, 0) is 11.3 Å². The maximum absolute atomic E-state index is 13.9. The number of nitrogens with one attached hydrogen (secondary N) is 1. The van der Waals surface area contributed by atoms with Crippen LogP contribution in [0.5, 0.6) is 0 Å². The predicted octanol–water partition coefficient (Wildman–Crippen LogP) is 4.71. The van der Waals surface area contributed by atoms with Crippen LogP contribution >= 0.6 is 11.3 Å². The van der Waals surface area contributed by atoms with Gasteiger partial charge < -0.3 is 5.32 Å². The third kappa shape index (κ3) is 3.54. The van der Waals surface area contributed by atoms with Crippen molar-refractivity contribution in [2.24, 2.45) is 0 Å². The van der Waals surface area contributed by atoms with Crippen molar-refractivity contribution in [1.29, 1.82) is 0 Å². The van der Waals surface area contributed by atoms with Crippen molar-refractivity contribution in [3.63, 3.8) is 0 Å². The van der Waals surface area contributed by atoms with Gasteiger partial charge in [-0.2, -0.15) is 5.10 Å². The molecule has 0 bridgehead atoms. The van der Waals surface area contributed by atoms with Gasteiger partial charge in [-0.15, -0.1) is 11.3 Å². The number of nitrogens with zero attached hydrogens (tertiary/aromatic N) is 3. The fourth-order valence-electron chi connectivity index (χ4n) is 5.02. The number of anilines is 1. The van der Waals surface area contributed by atoms with Gasteiger partial charge >= 0.3 is 0 Å². The molecule has 1 saturated carbocycles. The summed E-state index contributed by atoms with van der Waals surface area (Å²) < 4.78 is 1.71. The summed E-state index contributed by atoms with van der Waals surface area (Å²) in [6, 6.07) is 12.0. The summed E-state index contributed by atoms with van der Waals surface area (Å²) in [6.45, 7) is 6.20. The van der Waals surface area contributed by atoms with E-state index in [0.717, 1.165) is 53.1 Å². The van der Waals surface area contributed by atoms with E-state index in [2.05, 4.69) is 11.4 Å². The van der Waals surface area contributed by atoms with E-state index in [-0.39, 0.29) is 17.9 Å². The lowest BCUT2D eigenvalue weighted by atomic mass is 9.93. The standard InChI is InChI=1S/C25H28N4O2S/c1-16-11-17(2)13-19(12-16)29-23(30)21-14-20(22-9-6-10-32-22)27-28(21)15-25(29,3)24(31)26-18-7-4-5-8-18/h6,9-14,18H,4-5,7-8,15H2,1-3H3,(H,26,31). The molecule has 1 atom stereocenters. The summed E-state index contributed by atoms with van der Waals surface area (Å²) in [5, 5.41) is 9.94. The molecule has 1 fully saturated rings. The number of rotatable bonds is 4. The molecule has 7 heteroatoms. The fraction of sp³-hybridized carbons (Fsp3) is 0.400. The van der Waals surface area contributed by atoms with Crippen molar-refractivity contribution >= 4 is 28.8 Å². The molecule has 1 N–H and O–H groups in total. The maximum Gasteiger partial charge on any atom is 0.277 e. The molecule has 3 aromatic rings. The molecule has 2 aromatic heterocycles. The third-order valence-electron chi connectivity index (χ3n) is 6.57. The first-order chi connectivity index (χ1) is 15.3. The molecule has 0 spiro atoms. The van der Waals surface area contributed by atoms with E-state index in [1.54, 1.807) is 20.9 Å². The van der Waals surface area contributed by atoms with Crippen LogP contribution in [-0.4, -0.2) is 33.2 Å². The molecule has 32 heavy (non-hydrogen) atoms. The van der Waals surface area contributed by atoms with E-state index < -0.39 is 5.54 Å². The lowest BCUT2D eigenvalue weighted by molar-refractivity contribution is -0.127. The van der Waals surface area contributed by atoms with Crippen molar-refractivity contribution in [1.82, 2.24) is 15.1 Å². The summed E-state index contributed by atoms with van der Waals surface area (Å²) >= 11 is 1.59. The predicted molar refractivity (Wildman–Crippen MR) is 127 cm³/mol. The first kappa shape index (κ1) is 20.9. The number of benzene rings is 1. The molecule has 1 aromatic carbocycles. The molecule has 2 aliphatic rings. The average molecular weight is 449 g/mol. The summed E-state index contributed by atoms with van der Waals surface area (Å²) in [6.07, 6.45) is 4.26. The van der Waals surface area contributed by atoms with Crippen LogP contribution < -0.4 is 10.2 Å². The van der Waals surface area contributed by atoms with Crippen LogP contribution in [0.3, 0.4) is 0 Å². The molecule has 5 rings (SSSR count). The van der Waals surface area contributed by atoms with E-state index in [0.29, 0.717) is 12.2 Å². The van der Waals surface area contributed by atoms with Gasteiger partial charge in [-0.05, 0) is 74.4 Å². The number of carbonyl (C=O) groups is 2. The lowest BCUT2D eigenvalue weighted by Gasteiger charge is -2.43. The number of hydrogen-bond donors (Lipinski definition) is 1. The van der Waals surface area contributed by atoms with Crippen molar-refractivity contribution < 1.29 is 9.59 Å².